The predicted molar refractivity (Wildman–Crippen MR) is 93.6 cm³/mol. The molecule has 0 bridgehead atoms. The van der Waals surface area contributed by atoms with E-state index < -0.39 is 9.85 Å². The van der Waals surface area contributed by atoms with E-state index in [1.165, 1.54) is 24.3 Å². The van der Waals surface area contributed by atoms with Crippen LogP contribution in [0.1, 0.15) is 22.9 Å². The highest BCUT2D eigenvalue weighted by molar-refractivity contribution is 5.80. The Hall–Kier alpha value is -3.82. The SMILES string of the molecule is Cc1cc([N+](=O)[O-])cc2nc(Cc3nc4cc([N+](=O)[O-])cc(C)c4o3)oc12. The minimum absolute atomic E-state index is 0.0651. The van der Waals surface area contributed by atoms with Gasteiger partial charge in [-0.15, -0.1) is 0 Å². The first-order valence-corrected chi connectivity index (χ1v) is 7.90. The second kappa shape index (κ2) is 5.87. The van der Waals surface area contributed by atoms with Crippen molar-refractivity contribution < 1.29 is 18.7 Å². The number of hydrogen-bond acceptors (Lipinski definition) is 8. The van der Waals surface area contributed by atoms with Gasteiger partial charge in [0.1, 0.15) is 17.5 Å². The van der Waals surface area contributed by atoms with Crippen LogP contribution in [0.15, 0.2) is 33.1 Å². The molecule has 2 heterocycles. The largest absolute Gasteiger partial charge is 0.440 e. The lowest BCUT2D eigenvalue weighted by Gasteiger charge is -1.94. The molecule has 2 aromatic carbocycles. The molecule has 0 aliphatic rings. The number of oxazole rings is 2. The van der Waals surface area contributed by atoms with Gasteiger partial charge >= 0.3 is 0 Å². The topological polar surface area (TPSA) is 138 Å². The monoisotopic (exact) mass is 368 g/mol. The van der Waals surface area contributed by atoms with Crippen molar-refractivity contribution in [3.05, 3.63) is 67.4 Å². The number of aryl methyl sites for hydroxylation is 2. The summed E-state index contributed by atoms with van der Waals surface area (Å²) in [5, 5.41) is 22.0. The van der Waals surface area contributed by atoms with E-state index in [0.717, 1.165) is 0 Å². The average Bonchev–Trinajstić information content (AvgIpc) is 3.18. The van der Waals surface area contributed by atoms with E-state index in [1.807, 2.05) is 0 Å². The van der Waals surface area contributed by atoms with Crippen molar-refractivity contribution in [2.45, 2.75) is 20.3 Å². The first kappa shape index (κ1) is 16.6. The third-order valence-electron chi connectivity index (χ3n) is 4.13. The summed E-state index contributed by atoms with van der Waals surface area (Å²) in [5.41, 5.74) is 2.73. The van der Waals surface area contributed by atoms with E-state index in [2.05, 4.69) is 9.97 Å². The van der Waals surface area contributed by atoms with Crippen LogP contribution in [0.2, 0.25) is 0 Å². The van der Waals surface area contributed by atoms with Gasteiger partial charge in [0.15, 0.2) is 11.2 Å². The second-order valence-electron chi connectivity index (χ2n) is 6.13. The van der Waals surface area contributed by atoms with Gasteiger partial charge in [-0.2, -0.15) is 0 Å². The van der Waals surface area contributed by atoms with Crippen LogP contribution in [0.4, 0.5) is 11.4 Å². The molecule has 0 amide bonds. The van der Waals surface area contributed by atoms with Crippen LogP contribution in [0.25, 0.3) is 22.2 Å². The minimum atomic E-state index is -0.489. The van der Waals surface area contributed by atoms with Gasteiger partial charge in [0.05, 0.1) is 9.85 Å². The van der Waals surface area contributed by atoms with E-state index in [4.69, 9.17) is 8.83 Å². The van der Waals surface area contributed by atoms with Crippen LogP contribution in [-0.4, -0.2) is 19.8 Å². The Morgan fingerprint density at radius 3 is 1.59 bits per heavy atom. The Labute approximate surface area is 150 Å². The number of nitrogens with zero attached hydrogens (tertiary/aromatic N) is 4. The summed E-state index contributed by atoms with van der Waals surface area (Å²) >= 11 is 0. The van der Waals surface area contributed by atoms with Crippen LogP contribution in [0.3, 0.4) is 0 Å². The molecule has 0 aliphatic carbocycles. The number of nitro groups is 2. The smallest absolute Gasteiger partial charge is 0.272 e. The molecular formula is C17H12N4O6. The zero-order chi connectivity index (χ0) is 19.3. The number of non-ortho nitro benzene ring substituents is 2. The molecule has 0 saturated carbocycles. The van der Waals surface area contributed by atoms with Gasteiger partial charge in [0.2, 0.25) is 11.8 Å². The number of fused-ring (bicyclic) bond motifs is 2. The second-order valence-corrected chi connectivity index (χ2v) is 6.13. The van der Waals surface area contributed by atoms with Crippen LogP contribution in [0.5, 0.6) is 0 Å². The summed E-state index contributed by atoms with van der Waals surface area (Å²) < 4.78 is 11.4. The highest BCUT2D eigenvalue weighted by Crippen LogP contribution is 2.29. The fourth-order valence-corrected chi connectivity index (χ4v) is 2.95. The molecule has 0 N–H and O–H groups in total. The van der Waals surface area contributed by atoms with Gasteiger partial charge in [-0.25, -0.2) is 9.97 Å². The number of hydrogen-bond donors (Lipinski definition) is 0. The molecule has 0 spiro atoms. The zero-order valence-electron chi connectivity index (χ0n) is 14.3. The van der Waals surface area contributed by atoms with E-state index in [0.29, 0.717) is 33.3 Å². The number of rotatable bonds is 4. The average molecular weight is 368 g/mol. The standard InChI is InChI=1S/C17H12N4O6/c1-8-3-10(20(22)23)5-12-16(8)26-14(18-12)7-15-19-13-6-11(21(24)25)4-9(2)17(13)27-15/h3-6H,7H2,1-2H3. The number of benzene rings is 2. The van der Waals surface area contributed by atoms with E-state index in [1.54, 1.807) is 13.8 Å². The predicted octanol–water partition coefficient (Wildman–Crippen LogP) is 3.99. The maximum atomic E-state index is 11.0. The summed E-state index contributed by atoms with van der Waals surface area (Å²) in [6, 6.07) is 5.52. The molecule has 0 aliphatic heterocycles. The molecule has 136 valence electrons. The lowest BCUT2D eigenvalue weighted by atomic mass is 10.2. The summed E-state index contributed by atoms with van der Waals surface area (Å²) in [6.07, 6.45) is 0.115. The van der Waals surface area contributed by atoms with Gasteiger partial charge in [-0.1, -0.05) is 0 Å². The van der Waals surface area contributed by atoms with Crippen LogP contribution >= 0.6 is 0 Å². The lowest BCUT2D eigenvalue weighted by Crippen LogP contribution is -1.89. The summed E-state index contributed by atoms with van der Waals surface area (Å²) in [6.45, 7) is 3.40. The van der Waals surface area contributed by atoms with Crippen LogP contribution in [0, 0.1) is 34.1 Å². The van der Waals surface area contributed by atoms with Crippen molar-refractivity contribution >= 4 is 33.6 Å². The van der Waals surface area contributed by atoms with E-state index in [-0.39, 0.29) is 29.6 Å². The molecule has 27 heavy (non-hydrogen) atoms. The molecule has 10 heteroatoms. The van der Waals surface area contributed by atoms with Crippen molar-refractivity contribution in [2.24, 2.45) is 0 Å². The van der Waals surface area contributed by atoms with E-state index >= 15 is 0 Å². The highest BCUT2D eigenvalue weighted by atomic mass is 16.6. The number of nitro benzene ring substituents is 2. The minimum Gasteiger partial charge on any atom is -0.440 e. The fourth-order valence-electron chi connectivity index (χ4n) is 2.95. The summed E-state index contributed by atoms with van der Waals surface area (Å²) in [7, 11) is 0. The third-order valence-corrected chi connectivity index (χ3v) is 4.13. The molecule has 0 fully saturated rings. The van der Waals surface area contributed by atoms with Crippen molar-refractivity contribution in [3.63, 3.8) is 0 Å². The molecule has 10 nitrogen and oxygen atoms in total. The van der Waals surface area contributed by atoms with Gasteiger partial charge in [0.25, 0.3) is 11.4 Å². The van der Waals surface area contributed by atoms with E-state index in [9.17, 15) is 20.2 Å². The van der Waals surface area contributed by atoms with Crippen molar-refractivity contribution in [1.29, 1.82) is 0 Å². The fraction of sp³-hybridized carbons (Fsp3) is 0.176. The molecule has 4 aromatic rings. The normalized spacial score (nSPS) is 11.3. The maximum absolute atomic E-state index is 11.0. The molecule has 2 aromatic heterocycles. The Bertz CT molecular complexity index is 1140. The highest BCUT2D eigenvalue weighted by Gasteiger charge is 2.19. The molecule has 0 atom stereocenters. The summed E-state index contributed by atoms with van der Waals surface area (Å²) in [4.78, 5) is 29.5. The Morgan fingerprint density at radius 2 is 1.22 bits per heavy atom. The van der Waals surface area contributed by atoms with Crippen LogP contribution in [-0.2, 0) is 6.42 Å². The first-order valence-electron chi connectivity index (χ1n) is 7.90. The Balaban J connectivity index is 1.73. The quantitative estimate of drug-likeness (QED) is 0.389. The van der Waals surface area contributed by atoms with Gasteiger partial charge in [-0.3, -0.25) is 20.2 Å². The van der Waals surface area contributed by atoms with Crippen molar-refractivity contribution in [2.75, 3.05) is 0 Å². The van der Waals surface area contributed by atoms with Crippen LogP contribution < -0.4 is 0 Å². The molecular weight excluding hydrogens is 356 g/mol. The zero-order valence-corrected chi connectivity index (χ0v) is 14.3. The van der Waals surface area contributed by atoms with Crippen molar-refractivity contribution in [1.82, 2.24) is 9.97 Å². The lowest BCUT2D eigenvalue weighted by molar-refractivity contribution is -0.384. The number of aromatic nitrogens is 2. The Kier molecular flexibility index (Phi) is 3.62. The third kappa shape index (κ3) is 2.86. The maximum Gasteiger partial charge on any atom is 0.272 e. The summed E-state index contributed by atoms with van der Waals surface area (Å²) in [5.74, 6) is 0.569. The van der Waals surface area contributed by atoms with Gasteiger partial charge < -0.3 is 8.83 Å². The Morgan fingerprint density at radius 1 is 0.815 bits per heavy atom. The molecule has 0 saturated heterocycles. The van der Waals surface area contributed by atoms with Crippen molar-refractivity contribution in [3.8, 4) is 0 Å². The molecule has 0 unspecified atom stereocenters. The first-order chi connectivity index (χ1) is 12.8. The van der Waals surface area contributed by atoms with Gasteiger partial charge in [-0.05, 0) is 13.8 Å². The molecule has 0 radical (unpaired) electrons. The van der Waals surface area contributed by atoms with Gasteiger partial charge in [0, 0.05) is 35.4 Å². The molecule has 4 rings (SSSR count).